The van der Waals surface area contributed by atoms with E-state index in [1.807, 2.05) is 13.0 Å². The summed E-state index contributed by atoms with van der Waals surface area (Å²) < 4.78 is 11.3. The molecule has 20 heavy (non-hydrogen) atoms. The van der Waals surface area contributed by atoms with Crippen LogP contribution in [0.5, 0.6) is 0 Å². The minimum Gasteiger partial charge on any atom is -0.462 e. The van der Waals surface area contributed by atoms with Crippen molar-refractivity contribution in [2.45, 2.75) is 6.92 Å². The predicted octanol–water partition coefficient (Wildman–Crippen LogP) is 3.09. The van der Waals surface area contributed by atoms with Gasteiger partial charge in [0.05, 0.1) is 5.56 Å². The lowest BCUT2D eigenvalue weighted by atomic mass is 10.3. The summed E-state index contributed by atoms with van der Waals surface area (Å²) in [5.74, 6) is 1.06. The number of halogens is 1. The van der Waals surface area contributed by atoms with Gasteiger partial charge in [0, 0.05) is 22.9 Å². The number of esters is 1. The van der Waals surface area contributed by atoms with E-state index in [0.717, 1.165) is 10.2 Å². The van der Waals surface area contributed by atoms with Crippen LogP contribution in [-0.2, 0) is 9.53 Å². The number of ether oxygens (including phenoxy) is 1. The largest absolute Gasteiger partial charge is 0.462 e. The number of aryl methyl sites for hydroxylation is 1. The first-order valence-electron chi connectivity index (χ1n) is 5.82. The van der Waals surface area contributed by atoms with E-state index in [2.05, 4.69) is 25.9 Å². The van der Waals surface area contributed by atoms with E-state index >= 15 is 0 Å². The van der Waals surface area contributed by atoms with Gasteiger partial charge in [0.2, 0.25) is 5.90 Å². The molecule has 1 aliphatic rings. The fourth-order valence-corrected chi connectivity index (χ4v) is 2.09. The van der Waals surface area contributed by atoms with E-state index in [1.165, 1.54) is 0 Å². The van der Waals surface area contributed by atoms with Crippen molar-refractivity contribution in [2.75, 3.05) is 0 Å². The molecule has 0 saturated heterocycles. The molecular formula is C14H9BrN2O3. The summed E-state index contributed by atoms with van der Waals surface area (Å²) in [5.41, 5.74) is 0.834. The van der Waals surface area contributed by atoms with E-state index in [0.29, 0.717) is 11.3 Å². The summed E-state index contributed by atoms with van der Waals surface area (Å²) in [7, 11) is 0. The van der Waals surface area contributed by atoms with Crippen LogP contribution >= 0.6 is 15.9 Å². The minimum absolute atomic E-state index is 0.203. The molecule has 5 nitrogen and oxygen atoms in total. The van der Waals surface area contributed by atoms with Gasteiger partial charge in [-0.15, -0.1) is 0 Å². The molecule has 0 bridgehead atoms. The monoisotopic (exact) mass is 332 g/mol. The number of hydrogen-bond donors (Lipinski definition) is 0. The van der Waals surface area contributed by atoms with Gasteiger partial charge in [0.25, 0.3) is 0 Å². The van der Waals surface area contributed by atoms with Crippen LogP contribution in [0.1, 0.15) is 17.1 Å². The highest BCUT2D eigenvalue weighted by molar-refractivity contribution is 9.10. The molecule has 0 amide bonds. The van der Waals surface area contributed by atoms with Crippen molar-refractivity contribution in [2.24, 2.45) is 4.99 Å². The summed E-state index contributed by atoms with van der Waals surface area (Å²) in [4.78, 5) is 20.0. The van der Waals surface area contributed by atoms with Crippen molar-refractivity contribution in [1.29, 1.82) is 0 Å². The third-order valence-electron chi connectivity index (χ3n) is 2.61. The van der Waals surface area contributed by atoms with Crippen molar-refractivity contribution in [3.05, 3.63) is 57.8 Å². The molecule has 0 unspecified atom stereocenters. The number of furan rings is 1. The summed E-state index contributed by atoms with van der Waals surface area (Å²) in [6, 6.07) is 5.36. The number of aliphatic imine (C=N–C) groups is 1. The Morgan fingerprint density at radius 1 is 1.30 bits per heavy atom. The molecule has 0 radical (unpaired) electrons. The second-order valence-electron chi connectivity index (χ2n) is 4.18. The summed E-state index contributed by atoms with van der Waals surface area (Å²) in [6.45, 7) is 1.83. The lowest BCUT2D eigenvalue weighted by Crippen LogP contribution is -2.05. The highest BCUT2D eigenvalue weighted by Gasteiger charge is 2.24. The number of pyridine rings is 1. The predicted molar refractivity (Wildman–Crippen MR) is 76.0 cm³/mol. The van der Waals surface area contributed by atoms with Crippen LogP contribution in [0.25, 0.3) is 6.08 Å². The molecule has 0 spiro atoms. The molecule has 0 aliphatic carbocycles. The smallest absolute Gasteiger partial charge is 0.363 e. The van der Waals surface area contributed by atoms with Gasteiger partial charge in [0.1, 0.15) is 11.5 Å². The van der Waals surface area contributed by atoms with Gasteiger partial charge in [0.15, 0.2) is 5.70 Å². The van der Waals surface area contributed by atoms with Gasteiger partial charge in [-0.25, -0.2) is 9.79 Å². The number of hydrogen-bond acceptors (Lipinski definition) is 5. The standard InChI is InChI=1S/C14H9BrN2O3/c1-8-2-3-11(19-8)5-12-14(18)20-13(17-12)9-4-10(15)7-16-6-9/h2-7H,1H3/b12-5-. The van der Waals surface area contributed by atoms with Gasteiger partial charge in [-0.05, 0) is 41.1 Å². The lowest BCUT2D eigenvalue weighted by molar-refractivity contribution is -0.129. The Balaban J connectivity index is 1.94. The fraction of sp³-hybridized carbons (Fsp3) is 0.0714. The van der Waals surface area contributed by atoms with E-state index in [-0.39, 0.29) is 11.6 Å². The average Bonchev–Trinajstić information content (AvgIpc) is 2.97. The number of aromatic nitrogens is 1. The first kappa shape index (κ1) is 12.8. The maximum atomic E-state index is 11.8. The lowest BCUT2D eigenvalue weighted by Gasteiger charge is -1.98. The maximum absolute atomic E-state index is 11.8. The maximum Gasteiger partial charge on any atom is 0.363 e. The molecule has 6 heteroatoms. The van der Waals surface area contributed by atoms with Crippen molar-refractivity contribution in [3.63, 3.8) is 0 Å². The first-order valence-corrected chi connectivity index (χ1v) is 6.61. The molecule has 3 heterocycles. The molecule has 0 fully saturated rings. The number of cyclic esters (lactones) is 1. The van der Waals surface area contributed by atoms with Crippen LogP contribution in [0.3, 0.4) is 0 Å². The van der Waals surface area contributed by atoms with E-state index in [1.54, 1.807) is 30.6 Å². The summed E-state index contributed by atoms with van der Waals surface area (Å²) in [6.07, 6.45) is 4.77. The fourth-order valence-electron chi connectivity index (χ4n) is 1.73. The number of carbonyl (C=O) groups is 1. The third kappa shape index (κ3) is 2.55. The van der Waals surface area contributed by atoms with Crippen LogP contribution in [0.15, 0.2) is 50.2 Å². The first-order chi connectivity index (χ1) is 9.61. The highest BCUT2D eigenvalue weighted by Crippen LogP contribution is 2.21. The van der Waals surface area contributed by atoms with Crippen molar-refractivity contribution in [3.8, 4) is 0 Å². The topological polar surface area (TPSA) is 64.7 Å². The van der Waals surface area contributed by atoms with Crippen molar-refractivity contribution >= 4 is 33.9 Å². The van der Waals surface area contributed by atoms with Crippen LogP contribution < -0.4 is 0 Å². The van der Waals surface area contributed by atoms with Gasteiger partial charge >= 0.3 is 5.97 Å². The van der Waals surface area contributed by atoms with E-state index < -0.39 is 5.97 Å². The van der Waals surface area contributed by atoms with Crippen molar-refractivity contribution < 1.29 is 13.9 Å². The van der Waals surface area contributed by atoms with Gasteiger partial charge in [-0.2, -0.15) is 0 Å². The second-order valence-corrected chi connectivity index (χ2v) is 5.09. The molecule has 2 aromatic heterocycles. The highest BCUT2D eigenvalue weighted by atomic mass is 79.9. The number of nitrogens with zero attached hydrogens (tertiary/aromatic N) is 2. The molecule has 100 valence electrons. The molecule has 0 aromatic carbocycles. The Morgan fingerprint density at radius 3 is 2.85 bits per heavy atom. The second kappa shape index (κ2) is 5.05. The van der Waals surface area contributed by atoms with Gasteiger partial charge < -0.3 is 9.15 Å². The molecule has 0 N–H and O–H groups in total. The zero-order chi connectivity index (χ0) is 14.1. The third-order valence-corrected chi connectivity index (χ3v) is 3.05. The van der Waals surface area contributed by atoms with Gasteiger partial charge in [-0.1, -0.05) is 0 Å². The molecule has 3 rings (SSSR count). The van der Waals surface area contributed by atoms with Crippen LogP contribution in [-0.4, -0.2) is 16.9 Å². The van der Waals surface area contributed by atoms with E-state index in [9.17, 15) is 4.79 Å². The Kier molecular flexibility index (Phi) is 3.23. The molecular weight excluding hydrogens is 324 g/mol. The van der Waals surface area contributed by atoms with Crippen molar-refractivity contribution in [1.82, 2.24) is 4.98 Å². The summed E-state index contributed by atoms with van der Waals surface area (Å²) in [5, 5.41) is 0. The Morgan fingerprint density at radius 2 is 2.15 bits per heavy atom. The normalized spacial score (nSPS) is 16.4. The summed E-state index contributed by atoms with van der Waals surface area (Å²) >= 11 is 3.31. The molecule has 0 atom stereocenters. The molecule has 0 saturated carbocycles. The molecule has 1 aliphatic heterocycles. The average molecular weight is 333 g/mol. The van der Waals surface area contributed by atoms with E-state index in [4.69, 9.17) is 9.15 Å². The zero-order valence-corrected chi connectivity index (χ0v) is 12.0. The minimum atomic E-state index is -0.506. The SMILES string of the molecule is Cc1ccc(/C=C2\N=C(c3cncc(Br)c3)OC2=O)o1. The number of carbonyl (C=O) groups excluding carboxylic acids is 1. The quantitative estimate of drug-likeness (QED) is 0.626. The van der Waals surface area contributed by atoms with Gasteiger partial charge in [-0.3, -0.25) is 4.98 Å². The van der Waals surface area contributed by atoms with Crippen LogP contribution in [0.2, 0.25) is 0 Å². The van der Waals surface area contributed by atoms with Crippen LogP contribution in [0.4, 0.5) is 0 Å². The zero-order valence-electron chi connectivity index (χ0n) is 10.5. The molecule has 2 aromatic rings. The Labute approximate surface area is 123 Å². The Bertz CT molecular complexity index is 746. The van der Waals surface area contributed by atoms with Crippen LogP contribution in [0, 0.1) is 6.92 Å². The number of rotatable bonds is 2. The Hall–Kier alpha value is -2.21.